The molecule has 0 amide bonds. The van der Waals surface area contributed by atoms with E-state index in [1.807, 2.05) is 31.2 Å². The van der Waals surface area contributed by atoms with Crippen LogP contribution in [0.3, 0.4) is 0 Å². The minimum absolute atomic E-state index is 0.214. The van der Waals surface area contributed by atoms with Gasteiger partial charge in [0.05, 0.1) is 11.7 Å². The molecule has 0 unspecified atom stereocenters. The summed E-state index contributed by atoms with van der Waals surface area (Å²) in [6.45, 7) is 5.80. The summed E-state index contributed by atoms with van der Waals surface area (Å²) < 4.78 is 5.70. The maximum atomic E-state index is 10.1. The summed E-state index contributed by atoms with van der Waals surface area (Å²) >= 11 is 0. The van der Waals surface area contributed by atoms with Gasteiger partial charge in [-0.25, -0.2) is 9.97 Å². The molecule has 4 rings (SSSR count). The zero-order chi connectivity index (χ0) is 18.6. The predicted molar refractivity (Wildman–Crippen MR) is 106 cm³/mol. The number of aromatic nitrogens is 2. The number of para-hydroxylation sites is 1. The highest BCUT2D eigenvalue weighted by Crippen LogP contribution is 2.28. The Hall–Kier alpha value is -2.18. The Bertz CT molecular complexity index is 769. The van der Waals surface area contributed by atoms with Crippen LogP contribution in [0.15, 0.2) is 30.3 Å². The highest BCUT2D eigenvalue weighted by Gasteiger charge is 2.23. The second kappa shape index (κ2) is 8.23. The Morgan fingerprint density at radius 2 is 2.00 bits per heavy atom. The topological polar surface area (TPSA) is 70.5 Å². The molecule has 0 spiro atoms. The Balaban J connectivity index is 1.40. The number of benzene rings is 1. The number of anilines is 1. The first-order valence-electron chi connectivity index (χ1n) is 9.93. The van der Waals surface area contributed by atoms with Crippen molar-refractivity contribution < 1.29 is 9.84 Å². The van der Waals surface area contributed by atoms with E-state index in [-0.39, 0.29) is 5.75 Å². The van der Waals surface area contributed by atoms with Gasteiger partial charge in [-0.3, -0.25) is 0 Å². The van der Waals surface area contributed by atoms with Crippen molar-refractivity contribution in [1.29, 1.82) is 0 Å². The number of hydrogen-bond acceptors (Lipinski definition) is 6. The molecule has 0 radical (unpaired) electrons. The summed E-state index contributed by atoms with van der Waals surface area (Å²) in [6.07, 6.45) is 4.97. The molecule has 144 valence electrons. The first-order chi connectivity index (χ1) is 13.2. The second-order valence-corrected chi connectivity index (χ2v) is 7.51. The van der Waals surface area contributed by atoms with Crippen molar-refractivity contribution in [2.24, 2.45) is 0 Å². The summed E-state index contributed by atoms with van der Waals surface area (Å²) in [5.74, 6) is 1.74. The van der Waals surface area contributed by atoms with Gasteiger partial charge in [-0.2, -0.15) is 0 Å². The first-order valence-corrected chi connectivity index (χ1v) is 9.93. The molecule has 1 aromatic heterocycles. The monoisotopic (exact) mass is 368 g/mol. The molecule has 2 aliphatic heterocycles. The fourth-order valence-electron chi connectivity index (χ4n) is 3.91. The zero-order valence-corrected chi connectivity index (χ0v) is 15.9. The van der Waals surface area contributed by atoms with Crippen molar-refractivity contribution in [3.05, 3.63) is 36.0 Å². The van der Waals surface area contributed by atoms with E-state index in [0.29, 0.717) is 23.5 Å². The van der Waals surface area contributed by atoms with Crippen molar-refractivity contribution in [3.8, 4) is 17.1 Å². The van der Waals surface area contributed by atoms with Crippen LogP contribution in [0, 0.1) is 6.92 Å². The van der Waals surface area contributed by atoms with Crippen LogP contribution in [0.2, 0.25) is 0 Å². The lowest BCUT2D eigenvalue weighted by atomic mass is 10.0. The Labute approximate surface area is 160 Å². The van der Waals surface area contributed by atoms with E-state index in [0.717, 1.165) is 50.6 Å². The molecular weight excluding hydrogens is 340 g/mol. The van der Waals surface area contributed by atoms with Gasteiger partial charge >= 0.3 is 0 Å². The van der Waals surface area contributed by atoms with Gasteiger partial charge in [-0.1, -0.05) is 12.1 Å². The second-order valence-electron chi connectivity index (χ2n) is 7.51. The SMILES string of the molecule is Cc1cc(N2CCC(NC[C@@H]3CCCO3)CC2)nc(-c2ccccc2O)n1. The predicted octanol–water partition coefficient (Wildman–Crippen LogP) is 2.90. The van der Waals surface area contributed by atoms with E-state index in [2.05, 4.69) is 15.2 Å². The van der Waals surface area contributed by atoms with Crippen LogP contribution < -0.4 is 10.2 Å². The molecule has 1 aromatic carbocycles. The fraction of sp³-hybridized carbons (Fsp3) is 0.524. The van der Waals surface area contributed by atoms with Crippen LogP contribution in [0.1, 0.15) is 31.4 Å². The molecule has 2 saturated heterocycles. The molecule has 6 heteroatoms. The normalized spacial score (nSPS) is 20.9. The molecule has 3 heterocycles. The number of phenolic OH excluding ortho intramolecular Hbond substituents is 1. The average Bonchev–Trinajstić information content (AvgIpc) is 3.20. The molecule has 0 bridgehead atoms. The molecule has 27 heavy (non-hydrogen) atoms. The lowest BCUT2D eigenvalue weighted by molar-refractivity contribution is 0.106. The Morgan fingerprint density at radius 1 is 1.19 bits per heavy atom. The lowest BCUT2D eigenvalue weighted by Crippen LogP contribution is -2.44. The van der Waals surface area contributed by atoms with Gasteiger partial charge in [0.25, 0.3) is 0 Å². The minimum Gasteiger partial charge on any atom is -0.507 e. The van der Waals surface area contributed by atoms with Crippen LogP contribution in [0.4, 0.5) is 5.82 Å². The molecular formula is C21H28N4O2. The van der Waals surface area contributed by atoms with Crippen LogP contribution in [0.5, 0.6) is 5.75 Å². The quantitative estimate of drug-likeness (QED) is 0.846. The van der Waals surface area contributed by atoms with Crippen molar-refractivity contribution in [1.82, 2.24) is 15.3 Å². The fourth-order valence-corrected chi connectivity index (χ4v) is 3.91. The lowest BCUT2D eigenvalue weighted by Gasteiger charge is -2.34. The van der Waals surface area contributed by atoms with Crippen molar-refractivity contribution in [3.63, 3.8) is 0 Å². The van der Waals surface area contributed by atoms with Crippen molar-refractivity contribution >= 4 is 5.82 Å². The summed E-state index contributed by atoms with van der Waals surface area (Å²) in [7, 11) is 0. The van der Waals surface area contributed by atoms with Gasteiger partial charge in [0, 0.05) is 44.0 Å². The van der Waals surface area contributed by atoms with E-state index in [1.54, 1.807) is 6.07 Å². The van der Waals surface area contributed by atoms with Crippen LogP contribution in [-0.2, 0) is 4.74 Å². The molecule has 1 atom stereocenters. The molecule has 2 aromatic rings. The molecule has 2 N–H and O–H groups in total. The Kier molecular flexibility index (Phi) is 5.55. The average molecular weight is 368 g/mol. The van der Waals surface area contributed by atoms with E-state index in [9.17, 15) is 5.11 Å². The van der Waals surface area contributed by atoms with E-state index < -0.39 is 0 Å². The summed E-state index contributed by atoms with van der Waals surface area (Å²) in [5.41, 5.74) is 1.59. The summed E-state index contributed by atoms with van der Waals surface area (Å²) in [5, 5.41) is 13.8. The number of ether oxygens (including phenoxy) is 1. The van der Waals surface area contributed by atoms with Gasteiger partial charge in [-0.15, -0.1) is 0 Å². The van der Waals surface area contributed by atoms with Gasteiger partial charge in [0.2, 0.25) is 0 Å². The van der Waals surface area contributed by atoms with Crippen molar-refractivity contribution in [2.45, 2.75) is 44.8 Å². The number of rotatable bonds is 5. The number of hydrogen-bond donors (Lipinski definition) is 2. The minimum atomic E-state index is 0.214. The molecule has 2 aliphatic rings. The van der Waals surface area contributed by atoms with Crippen molar-refractivity contribution in [2.75, 3.05) is 31.1 Å². The smallest absolute Gasteiger partial charge is 0.165 e. The standard InChI is InChI=1S/C21H28N4O2/c1-15-13-20(24-21(23-15)18-6-2-3-7-19(18)26)25-10-8-16(9-11-25)22-14-17-5-4-12-27-17/h2-3,6-7,13,16-17,22,26H,4-5,8-12,14H2,1H3/t17-/m0/s1. The Morgan fingerprint density at radius 3 is 2.74 bits per heavy atom. The van der Waals surface area contributed by atoms with E-state index in [4.69, 9.17) is 9.72 Å². The number of aryl methyl sites for hydroxylation is 1. The molecule has 0 saturated carbocycles. The number of aromatic hydroxyl groups is 1. The molecule has 0 aliphatic carbocycles. The summed E-state index contributed by atoms with van der Waals surface area (Å²) in [4.78, 5) is 11.6. The third-order valence-electron chi connectivity index (χ3n) is 5.46. The third-order valence-corrected chi connectivity index (χ3v) is 5.46. The van der Waals surface area contributed by atoms with E-state index in [1.165, 1.54) is 12.8 Å². The number of nitrogens with zero attached hydrogens (tertiary/aromatic N) is 3. The highest BCUT2D eigenvalue weighted by atomic mass is 16.5. The van der Waals surface area contributed by atoms with E-state index >= 15 is 0 Å². The van der Waals surface area contributed by atoms with Gasteiger partial charge < -0.3 is 20.1 Å². The first kappa shape index (κ1) is 18.2. The van der Waals surface area contributed by atoms with Crippen LogP contribution >= 0.6 is 0 Å². The largest absolute Gasteiger partial charge is 0.507 e. The van der Waals surface area contributed by atoms with Gasteiger partial charge in [-0.05, 0) is 44.7 Å². The number of nitrogens with one attached hydrogen (secondary N) is 1. The maximum Gasteiger partial charge on any atom is 0.165 e. The van der Waals surface area contributed by atoms with Crippen LogP contribution in [0.25, 0.3) is 11.4 Å². The zero-order valence-electron chi connectivity index (χ0n) is 15.9. The maximum absolute atomic E-state index is 10.1. The third kappa shape index (κ3) is 4.39. The number of piperidine rings is 1. The highest BCUT2D eigenvalue weighted by molar-refractivity contribution is 5.65. The molecule has 2 fully saturated rings. The number of phenols is 1. The van der Waals surface area contributed by atoms with Crippen LogP contribution in [-0.4, -0.2) is 53.5 Å². The van der Waals surface area contributed by atoms with Gasteiger partial charge in [0.1, 0.15) is 11.6 Å². The molecule has 6 nitrogen and oxygen atoms in total. The van der Waals surface area contributed by atoms with Gasteiger partial charge in [0.15, 0.2) is 5.82 Å². The summed E-state index contributed by atoms with van der Waals surface area (Å²) in [6, 6.07) is 9.81.